The third-order valence-corrected chi connectivity index (χ3v) is 10.9. The van der Waals surface area contributed by atoms with Crippen LogP contribution >= 0.6 is 11.6 Å². The number of benzene rings is 2. The first-order valence-corrected chi connectivity index (χ1v) is 22.4. The van der Waals surface area contributed by atoms with E-state index in [4.69, 9.17) is 81.2 Å². The summed E-state index contributed by atoms with van der Waals surface area (Å²) in [5.41, 5.74) is -5.08. The van der Waals surface area contributed by atoms with E-state index in [1.165, 1.54) is 78.1 Å². The van der Waals surface area contributed by atoms with Crippen LogP contribution in [0.3, 0.4) is 0 Å². The monoisotopic (exact) mass is 992 g/mol. The standard InChI is InChI=1S/C19H17F3N4O2.C15H14ClF3N2O.C4H4N2O.B16/c1-12(2)5-7-18(19(20,21)22)14-4-3-13(9-15(14)24-17(28)25-18)10-26-11-23-8-6-16(26)27;1-9(2)5-6-14(15(17,18)19)11-4-3-10(8-16)7-12(11)20-13(22)21-14;7-4-1-2-5-3-6-4;1-10(2)14(9)16(13(7)8)15(11(3)4)12(5)6/h3-4,6,8-9,11-12H,10H2,1-2H3,(H2,24,25,28);3-4,7,9H,8H2,1-2H3,(H2,20,21,22);1-3H,(H,5,6,7);. The summed E-state index contributed by atoms with van der Waals surface area (Å²) in [5.74, 6) is 9.03. The number of carbonyl (C=O) groups is 2. The van der Waals surface area contributed by atoms with Crippen LogP contribution < -0.4 is 32.4 Å². The van der Waals surface area contributed by atoms with Crippen molar-refractivity contribution >= 4 is 149 Å². The van der Waals surface area contributed by atoms with Gasteiger partial charge in [0, 0.05) is 179 Å². The van der Waals surface area contributed by atoms with Gasteiger partial charge < -0.3 is 26.3 Å². The number of carbonyl (C=O) groups excluding carboxylic acids is 2. The van der Waals surface area contributed by atoms with Gasteiger partial charge in [-0.25, -0.2) is 19.6 Å². The van der Waals surface area contributed by atoms with Crippen molar-refractivity contribution in [2.75, 3.05) is 10.6 Å². The lowest BCUT2D eigenvalue weighted by molar-refractivity contribution is -0.179. The number of hydrogen-bond donors (Lipinski definition) is 5. The van der Waals surface area contributed by atoms with Crippen molar-refractivity contribution in [3.8, 4) is 23.7 Å². The van der Waals surface area contributed by atoms with E-state index in [1.54, 1.807) is 27.7 Å². The molecule has 0 fully saturated rings. The van der Waals surface area contributed by atoms with Gasteiger partial charge in [-0.2, -0.15) is 26.3 Å². The number of amides is 4. The Kier molecular flexibility index (Phi) is 22.8. The fourth-order valence-electron chi connectivity index (χ4n) is 7.09. The summed E-state index contributed by atoms with van der Waals surface area (Å²) < 4.78 is 84.4. The minimum absolute atomic E-state index is 0.00595. The summed E-state index contributed by atoms with van der Waals surface area (Å²) in [6.07, 6.45) is -9.14. The average molecular weight is 990 g/mol. The van der Waals surface area contributed by atoms with Gasteiger partial charge in [0.1, 0.15) is 0 Å². The normalized spacial score (nSPS) is 16.1. The van der Waals surface area contributed by atoms with E-state index in [0.717, 1.165) is 0 Å². The Bertz CT molecular complexity index is 2750. The quantitative estimate of drug-likeness (QED) is 0.0711. The Labute approximate surface area is 439 Å². The van der Waals surface area contributed by atoms with Crippen LogP contribution in [-0.4, -0.2) is 158 Å². The number of aromatic amines is 1. The molecule has 0 spiro atoms. The molecule has 348 valence electrons. The molecule has 2 aromatic carbocycles. The minimum atomic E-state index is -4.83. The maximum atomic E-state index is 14.0. The van der Waals surface area contributed by atoms with Gasteiger partial charge in [0.25, 0.3) is 11.1 Å². The molecule has 0 aliphatic carbocycles. The zero-order chi connectivity index (χ0) is 55.2. The summed E-state index contributed by atoms with van der Waals surface area (Å²) >= 11 is 5.69. The summed E-state index contributed by atoms with van der Waals surface area (Å²) in [4.78, 5) is 55.5. The van der Waals surface area contributed by atoms with Gasteiger partial charge in [0.05, 0.1) is 19.2 Å². The van der Waals surface area contributed by atoms with Crippen molar-refractivity contribution in [2.24, 2.45) is 11.8 Å². The Balaban J connectivity index is 0.000000279. The number of hydrogen-bond acceptors (Lipinski definition) is 6. The Morgan fingerprint density at radius 2 is 1.10 bits per heavy atom. The van der Waals surface area contributed by atoms with E-state index in [9.17, 15) is 45.5 Å². The minimum Gasteiger partial charge on any atom is -0.313 e. The van der Waals surface area contributed by atoms with E-state index < -0.39 is 80.2 Å². The number of rotatable bonds is 9. The highest BCUT2D eigenvalue weighted by atomic mass is 35.5. The van der Waals surface area contributed by atoms with Crippen molar-refractivity contribution in [1.29, 1.82) is 0 Å². The maximum Gasteiger partial charge on any atom is 0.427 e. The van der Waals surface area contributed by atoms with Crippen LogP contribution in [0.25, 0.3) is 0 Å². The van der Waals surface area contributed by atoms with Crippen molar-refractivity contribution in [2.45, 2.75) is 63.6 Å². The molecule has 18 radical (unpaired) electrons. The molecule has 12 nitrogen and oxygen atoms in total. The van der Waals surface area contributed by atoms with Crippen molar-refractivity contribution < 1.29 is 35.9 Å². The van der Waals surface area contributed by atoms with Crippen LogP contribution in [0, 0.1) is 35.5 Å². The summed E-state index contributed by atoms with van der Waals surface area (Å²) in [6.45, 7) is 6.78. The maximum absolute atomic E-state index is 14.0. The topological polar surface area (TPSA) is 163 Å². The summed E-state index contributed by atoms with van der Waals surface area (Å²) in [7, 11) is 50.4. The van der Waals surface area contributed by atoms with Gasteiger partial charge in [0.2, 0.25) is 11.1 Å². The second-order valence-electron chi connectivity index (χ2n) is 17.1. The van der Waals surface area contributed by atoms with Crippen molar-refractivity contribution in [1.82, 2.24) is 30.2 Å². The predicted molar refractivity (Wildman–Crippen MR) is 292 cm³/mol. The molecule has 2 unspecified atom stereocenters. The SMILES string of the molecule is CC(C)C#CC1(C(F)(F)F)NC(=O)Nc2cc(CCl)ccc21.CC(C)C#CC1(C(F)(F)F)NC(=O)Nc2cc(Cn3cnccc3=O)ccc21.O=c1ccnc[nH]1.[B]B([B])B([B])B(B([B])[B])B(B([B])[B])B([B])[B]. The fraction of sp³-hybridized carbons (Fsp3) is 0.316. The number of nitrogens with zero attached hydrogens (tertiary/aromatic N) is 3. The van der Waals surface area contributed by atoms with Gasteiger partial charge in [-0.1, -0.05) is 75.6 Å². The second-order valence-corrected chi connectivity index (χ2v) is 17.4. The molecule has 5 N–H and O–H groups in total. The summed E-state index contributed by atoms with van der Waals surface area (Å²) in [6, 6.07) is 9.04. The van der Waals surface area contributed by atoms with Crippen molar-refractivity contribution in [3.63, 3.8) is 0 Å². The van der Waals surface area contributed by atoms with Gasteiger partial charge in [-0.3, -0.25) is 14.2 Å². The molecule has 6 rings (SSSR count). The zero-order valence-electron chi connectivity index (χ0n) is 39.9. The molecule has 2 aliphatic rings. The lowest BCUT2D eigenvalue weighted by atomic mass is 8.44. The van der Waals surface area contributed by atoms with E-state index in [1.807, 2.05) is 10.6 Å². The first-order valence-electron chi connectivity index (χ1n) is 21.9. The van der Waals surface area contributed by atoms with Crippen LogP contribution in [0.5, 0.6) is 0 Å². The zero-order valence-corrected chi connectivity index (χ0v) is 40.6. The van der Waals surface area contributed by atoms with Crippen LogP contribution in [0.15, 0.2) is 83.2 Å². The number of fused-ring (bicyclic) bond motifs is 2. The molecule has 0 saturated carbocycles. The fourth-order valence-corrected chi connectivity index (χ4v) is 7.26. The highest BCUT2D eigenvalue weighted by Gasteiger charge is 2.60. The molecule has 0 bridgehead atoms. The third-order valence-electron chi connectivity index (χ3n) is 10.6. The van der Waals surface area contributed by atoms with E-state index in [2.05, 4.69) is 49.3 Å². The third kappa shape index (κ3) is 16.6. The number of H-pyrrole nitrogens is 1. The average Bonchev–Trinajstić information content (AvgIpc) is 3.28. The van der Waals surface area contributed by atoms with Crippen LogP contribution in [0.1, 0.15) is 49.9 Å². The molecular formula is C38H35B16ClF6N8O4. The molecule has 35 heteroatoms. The first-order chi connectivity index (χ1) is 33.9. The number of alkyl halides is 7. The second kappa shape index (κ2) is 26.8. The van der Waals surface area contributed by atoms with Gasteiger partial charge in [-0.05, 0) is 23.3 Å². The van der Waals surface area contributed by atoms with E-state index >= 15 is 0 Å². The lowest BCUT2D eigenvalue weighted by Gasteiger charge is -2.37. The summed E-state index contributed by atoms with van der Waals surface area (Å²) in [5, 5.41) is 8.65. The molecular weight excluding hydrogens is 955 g/mol. The van der Waals surface area contributed by atoms with E-state index in [-0.39, 0.29) is 57.9 Å². The molecule has 73 heavy (non-hydrogen) atoms. The van der Waals surface area contributed by atoms with Crippen LogP contribution in [-0.2, 0) is 23.5 Å². The highest BCUT2D eigenvalue weighted by molar-refractivity contribution is 8.13. The predicted octanol–water partition coefficient (Wildman–Crippen LogP) is 0.498. The van der Waals surface area contributed by atoms with E-state index in [0.29, 0.717) is 11.1 Å². The lowest BCUT2D eigenvalue weighted by Crippen LogP contribution is -2.75. The Morgan fingerprint density at radius 1 is 0.644 bits per heavy atom. The van der Waals surface area contributed by atoms with Gasteiger partial charge in [-0.15, -0.1) is 11.6 Å². The number of aromatic nitrogens is 4. The first kappa shape index (κ1) is 62.1. The van der Waals surface area contributed by atoms with Crippen molar-refractivity contribution in [3.05, 3.63) is 117 Å². The molecule has 2 aromatic heterocycles. The molecule has 0 saturated heterocycles. The Hall–Kier alpha value is -5.23. The van der Waals surface area contributed by atoms with Gasteiger partial charge in [0.15, 0.2) is 0 Å². The molecule has 4 aromatic rings. The number of halogens is 7. The molecule has 2 atom stereocenters. The number of anilines is 2. The molecule has 4 heterocycles. The largest absolute Gasteiger partial charge is 0.427 e. The number of nitrogens with one attached hydrogen (secondary N) is 5. The highest BCUT2D eigenvalue weighted by Crippen LogP contribution is 2.45. The van der Waals surface area contributed by atoms with Gasteiger partial charge >= 0.3 is 24.4 Å². The molecule has 4 amide bonds. The van der Waals surface area contributed by atoms with Crippen LogP contribution in [0.4, 0.5) is 47.3 Å². The Morgan fingerprint density at radius 3 is 1.45 bits per heavy atom. The molecule has 2 aliphatic heterocycles. The smallest absolute Gasteiger partial charge is 0.313 e. The number of urea groups is 2. The van der Waals surface area contributed by atoms with Crippen LogP contribution in [0.2, 0.25) is 0 Å².